The Kier molecular flexibility index (Phi) is 12.2. The zero-order valence-corrected chi connectivity index (χ0v) is 43.8. The summed E-state index contributed by atoms with van der Waals surface area (Å²) in [5.74, 6) is 0.707. The Balaban J connectivity index is 1.04. The molecule has 1 saturated carbocycles. The molecule has 0 radical (unpaired) electrons. The number of rotatable bonds is 8. The number of anilines is 3. The van der Waals surface area contributed by atoms with Gasteiger partial charge in [-0.25, -0.2) is 0 Å². The first-order valence-corrected chi connectivity index (χ1v) is 26.1. The largest absolute Gasteiger partial charge is 0.310 e. The van der Waals surface area contributed by atoms with Crippen molar-refractivity contribution < 1.29 is 0 Å². The van der Waals surface area contributed by atoms with E-state index in [1.165, 1.54) is 121 Å². The summed E-state index contributed by atoms with van der Waals surface area (Å²) in [5.41, 5.74) is 24.3. The van der Waals surface area contributed by atoms with Gasteiger partial charge in [0.1, 0.15) is 0 Å². The lowest BCUT2D eigenvalue weighted by Gasteiger charge is -2.28. The molecule has 354 valence electrons. The third-order valence-electron chi connectivity index (χ3n) is 15.7. The predicted molar refractivity (Wildman–Crippen MR) is 302 cm³/mol. The van der Waals surface area contributed by atoms with Crippen LogP contribution in [-0.2, 0) is 21.7 Å². The molecule has 1 fully saturated rings. The number of fused-ring (bicyclic) bond motifs is 3. The van der Waals surface area contributed by atoms with Crippen LogP contribution in [0.1, 0.15) is 148 Å². The monoisotopic (exact) mass is 916 g/mol. The maximum absolute atomic E-state index is 2.46. The first kappa shape index (κ1) is 47.2. The van der Waals surface area contributed by atoms with Crippen molar-refractivity contribution >= 4 is 17.1 Å². The van der Waals surface area contributed by atoms with Crippen LogP contribution in [-0.4, -0.2) is 0 Å². The molecule has 8 aromatic rings. The van der Waals surface area contributed by atoms with Crippen molar-refractivity contribution in [2.75, 3.05) is 4.90 Å². The molecule has 2 aliphatic carbocycles. The molecule has 0 saturated heterocycles. The third kappa shape index (κ3) is 9.33. The summed E-state index contributed by atoms with van der Waals surface area (Å²) in [5, 5.41) is 0. The van der Waals surface area contributed by atoms with Crippen molar-refractivity contribution in [1.82, 2.24) is 0 Å². The molecule has 0 N–H and O–H groups in total. The zero-order chi connectivity index (χ0) is 49.2. The Morgan fingerprint density at radius 3 is 1.43 bits per heavy atom. The van der Waals surface area contributed by atoms with Crippen LogP contribution in [0.3, 0.4) is 0 Å². The summed E-state index contributed by atoms with van der Waals surface area (Å²) >= 11 is 0. The Labute approximate surface area is 420 Å². The second kappa shape index (κ2) is 18.1. The molecule has 0 spiro atoms. The quantitative estimate of drug-likeness (QED) is 0.147. The number of nitrogens with zero attached hydrogens (tertiary/aromatic N) is 1. The highest BCUT2D eigenvalue weighted by atomic mass is 15.1. The van der Waals surface area contributed by atoms with Gasteiger partial charge in [0, 0.05) is 22.5 Å². The smallest absolute Gasteiger partial charge is 0.0467 e. The van der Waals surface area contributed by atoms with Gasteiger partial charge < -0.3 is 4.90 Å². The second-order valence-electron chi connectivity index (χ2n) is 24.2. The van der Waals surface area contributed by atoms with E-state index in [4.69, 9.17) is 0 Å². The Morgan fingerprint density at radius 1 is 0.357 bits per heavy atom. The fourth-order valence-electron chi connectivity index (χ4n) is 11.2. The third-order valence-corrected chi connectivity index (χ3v) is 15.7. The molecule has 1 nitrogen and oxygen atoms in total. The van der Waals surface area contributed by atoms with Crippen molar-refractivity contribution in [3.63, 3.8) is 0 Å². The van der Waals surface area contributed by atoms with Crippen LogP contribution in [0.4, 0.5) is 17.1 Å². The van der Waals surface area contributed by atoms with Crippen LogP contribution in [0, 0.1) is 0 Å². The molecule has 0 unspecified atom stereocenters. The summed E-state index contributed by atoms with van der Waals surface area (Å²) in [7, 11) is 0. The lowest BCUT2D eigenvalue weighted by atomic mass is 9.78. The molecule has 10 rings (SSSR count). The van der Waals surface area contributed by atoms with E-state index in [1.807, 2.05) is 0 Å². The molecule has 0 heterocycles. The van der Waals surface area contributed by atoms with Gasteiger partial charge in [-0.1, -0.05) is 223 Å². The zero-order valence-electron chi connectivity index (χ0n) is 43.8. The van der Waals surface area contributed by atoms with E-state index in [-0.39, 0.29) is 21.7 Å². The summed E-state index contributed by atoms with van der Waals surface area (Å²) in [6.07, 6.45) is 6.73. The van der Waals surface area contributed by atoms with Gasteiger partial charge in [0.15, 0.2) is 0 Å². The van der Waals surface area contributed by atoms with E-state index >= 15 is 0 Å². The van der Waals surface area contributed by atoms with Crippen molar-refractivity contribution in [2.45, 2.75) is 136 Å². The van der Waals surface area contributed by atoms with Crippen molar-refractivity contribution in [3.8, 4) is 55.6 Å². The molecule has 0 aliphatic heterocycles. The normalized spacial score (nSPS) is 14.8. The van der Waals surface area contributed by atoms with E-state index in [0.29, 0.717) is 5.92 Å². The van der Waals surface area contributed by atoms with E-state index in [2.05, 4.69) is 257 Å². The molecule has 1 heteroatoms. The maximum Gasteiger partial charge on any atom is 0.0467 e. The molecular formula is C69H73N. The molecule has 8 aromatic carbocycles. The topological polar surface area (TPSA) is 3.24 Å². The van der Waals surface area contributed by atoms with Crippen LogP contribution in [0.15, 0.2) is 176 Å². The van der Waals surface area contributed by atoms with Gasteiger partial charge in [-0.15, -0.1) is 0 Å². The maximum atomic E-state index is 2.46. The van der Waals surface area contributed by atoms with Gasteiger partial charge in [-0.05, 0) is 173 Å². The number of hydrogen-bond donors (Lipinski definition) is 0. The van der Waals surface area contributed by atoms with Crippen LogP contribution in [0.5, 0.6) is 0 Å². The van der Waals surface area contributed by atoms with Gasteiger partial charge in [-0.2, -0.15) is 0 Å². The minimum atomic E-state index is -0.113. The first-order chi connectivity index (χ1) is 33.3. The van der Waals surface area contributed by atoms with Gasteiger partial charge in [0.2, 0.25) is 0 Å². The van der Waals surface area contributed by atoms with Crippen molar-refractivity contribution in [1.29, 1.82) is 0 Å². The van der Waals surface area contributed by atoms with Crippen LogP contribution in [0.25, 0.3) is 55.6 Å². The summed E-state index contributed by atoms with van der Waals surface area (Å²) < 4.78 is 0. The molecule has 0 amide bonds. The van der Waals surface area contributed by atoms with Crippen molar-refractivity contribution in [2.24, 2.45) is 0 Å². The van der Waals surface area contributed by atoms with E-state index in [0.717, 1.165) is 17.1 Å². The highest BCUT2D eigenvalue weighted by molar-refractivity contribution is 5.87. The van der Waals surface area contributed by atoms with Gasteiger partial charge in [-0.3, -0.25) is 0 Å². The standard InChI is InChI=1S/C69H73N/c1-66(2,3)56-39-53(38-54(40-56)55-41-57(67(4,5)6)44-58(42-55)68(7,8)9)51-22-17-21-50(37-51)52-23-18-24-60(43-52)70(61-35-36-63-62-25-15-16-26-64(62)69(10,11)65(63)45-61)59-33-31-49(32-34-59)48-29-27-47(28-30-48)46-19-13-12-14-20-46/h15-18,21-46H,12-14,19-20H2,1-11H3. The highest BCUT2D eigenvalue weighted by Crippen LogP contribution is 2.51. The molecule has 0 bridgehead atoms. The molecule has 70 heavy (non-hydrogen) atoms. The highest BCUT2D eigenvalue weighted by Gasteiger charge is 2.36. The van der Waals surface area contributed by atoms with Gasteiger partial charge in [0.05, 0.1) is 0 Å². The van der Waals surface area contributed by atoms with E-state index < -0.39 is 0 Å². The number of benzene rings is 8. The summed E-state index contributed by atoms with van der Waals surface area (Å²) in [4.78, 5) is 2.46. The second-order valence-corrected chi connectivity index (χ2v) is 24.2. The predicted octanol–water partition coefficient (Wildman–Crippen LogP) is 20.1. The van der Waals surface area contributed by atoms with Crippen LogP contribution in [0.2, 0.25) is 0 Å². The Morgan fingerprint density at radius 2 is 0.814 bits per heavy atom. The van der Waals surface area contributed by atoms with E-state index in [9.17, 15) is 0 Å². The SMILES string of the molecule is CC(C)(C)c1cc(-c2cccc(-c3cccc(N(c4ccc(-c5ccc(C6CCCCC6)cc5)cc4)c4ccc5c(c4)C(C)(C)c4ccccc4-5)c3)c2)cc(-c2cc(C(C)(C)C)cc(C(C)(C)C)c2)c1. The van der Waals surface area contributed by atoms with Crippen LogP contribution >= 0.6 is 0 Å². The lowest BCUT2D eigenvalue weighted by Crippen LogP contribution is -2.16. The molecule has 0 atom stereocenters. The Bertz CT molecular complexity index is 3150. The van der Waals surface area contributed by atoms with E-state index in [1.54, 1.807) is 0 Å². The lowest BCUT2D eigenvalue weighted by molar-refractivity contribution is 0.443. The minimum absolute atomic E-state index is 0.0262. The number of hydrogen-bond acceptors (Lipinski definition) is 1. The Hall–Kier alpha value is -6.44. The molecule has 0 aromatic heterocycles. The summed E-state index contributed by atoms with van der Waals surface area (Å²) in [6.45, 7) is 25.7. The fourth-order valence-corrected chi connectivity index (χ4v) is 11.2. The fraction of sp³-hybridized carbons (Fsp3) is 0.304. The summed E-state index contributed by atoms with van der Waals surface area (Å²) in [6, 6.07) is 67.6. The molecule has 2 aliphatic rings. The average Bonchev–Trinajstić information content (AvgIpc) is 3.58. The minimum Gasteiger partial charge on any atom is -0.310 e. The van der Waals surface area contributed by atoms with Gasteiger partial charge in [0.25, 0.3) is 0 Å². The van der Waals surface area contributed by atoms with Gasteiger partial charge >= 0.3 is 0 Å². The van der Waals surface area contributed by atoms with Crippen molar-refractivity contribution in [3.05, 3.63) is 209 Å². The van der Waals surface area contributed by atoms with Crippen LogP contribution < -0.4 is 4.90 Å². The molecular weight excluding hydrogens is 843 g/mol. The average molecular weight is 916 g/mol. The first-order valence-electron chi connectivity index (χ1n) is 26.1.